The fourth-order valence-corrected chi connectivity index (χ4v) is 0.835. The number of esters is 1. The molecule has 0 atom stereocenters. The molecule has 1 aromatic heterocycles. The van der Waals surface area contributed by atoms with Gasteiger partial charge in [-0.15, -0.1) is 5.10 Å². The van der Waals surface area contributed by atoms with Crippen LogP contribution in [0.15, 0.2) is 0 Å². The first-order valence-corrected chi connectivity index (χ1v) is 4.11. The van der Waals surface area contributed by atoms with Crippen LogP contribution in [0.1, 0.15) is 17.5 Å². The molecule has 1 heterocycles. The van der Waals surface area contributed by atoms with E-state index in [4.69, 9.17) is 5.84 Å². The van der Waals surface area contributed by atoms with Crippen LogP contribution in [-0.4, -0.2) is 38.7 Å². The van der Waals surface area contributed by atoms with Gasteiger partial charge in [0.2, 0.25) is 0 Å². The number of ether oxygens (including phenoxy) is 1. The largest absolute Gasteiger partial charge is 0.460 e. The van der Waals surface area contributed by atoms with Gasteiger partial charge in [0.25, 0.3) is 11.7 Å². The molecule has 0 saturated carbocycles. The van der Waals surface area contributed by atoms with E-state index >= 15 is 0 Å². The number of hydrogen-bond acceptors (Lipinski definition) is 7. The zero-order chi connectivity index (χ0) is 11.3. The smallest absolute Gasteiger partial charge is 0.378 e. The Labute approximate surface area is 84.5 Å². The Balaban J connectivity index is 2.77. The van der Waals surface area contributed by atoms with Crippen LogP contribution >= 0.6 is 0 Å². The van der Waals surface area contributed by atoms with Gasteiger partial charge in [-0.1, -0.05) is 0 Å². The summed E-state index contributed by atoms with van der Waals surface area (Å²) in [5.41, 5.74) is 1.89. The number of carbonyl (C=O) groups is 2. The summed E-state index contributed by atoms with van der Waals surface area (Å²) in [7, 11) is 0. The average molecular weight is 214 g/mol. The Morgan fingerprint density at radius 3 is 2.93 bits per heavy atom. The first-order chi connectivity index (χ1) is 7.19. The number of nitrogens with one attached hydrogen (secondary N) is 1. The first kappa shape index (κ1) is 11.0. The molecule has 0 aliphatic heterocycles. The Hall–Kier alpha value is -2.03. The molecular weight excluding hydrogens is 204 g/mol. The highest BCUT2D eigenvalue weighted by Crippen LogP contribution is 1.95. The van der Waals surface area contributed by atoms with Gasteiger partial charge < -0.3 is 4.74 Å². The van der Waals surface area contributed by atoms with E-state index in [0.29, 0.717) is 0 Å². The van der Waals surface area contributed by atoms with Crippen molar-refractivity contribution in [3.05, 3.63) is 5.82 Å². The van der Waals surface area contributed by atoms with Crippen molar-refractivity contribution >= 4 is 11.9 Å². The summed E-state index contributed by atoms with van der Waals surface area (Å²) < 4.78 is 5.68. The summed E-state index contributed by atoms with van der Waals surface area (Å²) >= 11 is 0. The normalized spacial score (nSPS) is 9.73. The highest BCUT2D eigenvalue weighted by atomic mass is 16.5. The number of carbonyl (C=O) groups excluding carboxylic acids is 2. The fourth-order valence-electron chi connectivity index (χ4n) is 0.835. The molecule has 0 bridgehead atoms. The zero-order valence-corrected chi connectivity index (χ0v) is 8.01. The lowest BCUT2D eigenvalue weighted by Crippen LogP contribution is -2.34. The first-order valence-electron chi connectivity index (χ1n) is 4.11. The lowest BCUT2D eigenvalue weighted by Gasteiger charge is -2.02. The molecule has 15 heavy (non-hydrogen) atoms. The average Bonchev–Trinajstić information content (AvgIpc) is 2.66. The van der Waals surface area contributed by atoms with E-state index in [1.54, 1.807) is 6.92 Å². The lowest BCUT2D eigenvalue weighted by atomic mass is 10.5. The second kappa shape index (κ2) is 5.00. The third-order valence-electron chi connectivity index (χ3n) is 1.44. The monoisotopic (exact) mass is 214 g/mol. The highest BCUT2D eigenvalue weighted by molar-refractivity contribution is 5.85. The number of nitrogens with zero attached hydrogens (tertiary/aromatic N) is 4. The quantitative estimate of drug-likeness (QED) is 0.253. The SMILES string of the molecule is CCOC(=O)c1nnnn1CC(=O)NN. The summed E-state index contributed by atoms with van der Waals surface area (Å²) in [6.45, 7) is 1.62. The molecule has 0 unspecified atom stereocenters. The van der Waals surface area contributed by atoms with E-state index in [1.165, 1.54) is 0 Å². The number of hydrazine groups is 1. The molecule has 3 N–H and O–H groups in total. The minimum Gasteiger partial charge on any atom is -0.460 e. The molecule has 1 aromatic rings. The van der Waals surface area contributed by atoms with Crippen molar-refractivity contribution in [2.45, 2.75) is 13.5 Å². The van der Waals surface area contributed by atoms with Gasteiger partial charge in [0.05, 0.1) is 6.61 Å². The highest BCUT2D eigenvalue weighted by Gasteiger charge is 2.17. The molecule has 0 aromatic carbocycles. The lowest BCUT2D eigenvalue weighted by molar-refractivity contribution is -0.121. The molecule has 1 rings (SSSR count). The van der Waals surface area contributed by atoms with Crippen LogP contribution in [0.25, 0.3) is 0 Å². The third-order valence-corrected chi connectivity index (χ3v) is 1.44. The number of tetrazole rings is 1. The minimum atomic E-state index is -0.688. The van der Waals surface area contributed by atoms with Crippen LogP contribution in [0, 0.1) is 0 Å². The van der Waals surface area contributed by atoms with Gasteiger partial charge in [0.1, 0.15) is 6.54 Å². The fraction of sp³-hybridized carbons (Fsp3) is 0.500. The van der Waals surface area contributed by atoms with Gasteiger partial charge in [-0.05, 0) is 17.4 Å². The molecule has 82 valence electrons. The second-order valence-corrected chi connectivity index (χ2v) is 2.45. The Bertz CT molecular complexity index is 362. The summed E-state index contributed by atoms with van der Waals surface area (Å²) in [6.07, 6.45) is 0. The molecule has 9 nitrogen and oxygen atoms in total. The van der Waals surface area contributed by atoms with Gasteiger partial charge in [0, 0.05) is 0 Å². The number of aromatic nitrogens is 4. The van der Waals surface area contributed by atoms with Crippen molar-refractivity contribution in [2.75, 3.05) is 6.61 Å². The van der Waals surface area contributed by atoms with Crippen LogP contribution in [0.3, 0.4) is 0 Å². The topological polar surface area (TPSA) is 125 Å². The van der Waals surface area contributed by atoms with Crippen LogP contribution in [0.5, 0.6) is 0 Å². The van der Waals surface area contributed by atoms with E-state index in [-0.39, 0.29) is 19.0 Å². The molecule has 9 heteroatoms. The summed E-state index contributed by atoms with van der Waals surface area (Å²) in [4.78, 5) is 22.2. The van der Waals surface area contributed by atoms with Crippen molar-refractivity contribution in [3.63, 3.8) is 0 Å². The van der Waals surface area contributed by atoms with Crippen LogP contribution in [0.4, 0.5) is 0 Å². The number of hydrogen-bond donors (Lipinski definition) is 2. The Morgan fingerprint density at radius 1 is 1.60 bits per heavy atom. The van der Waals surface area contributed by atoms with E-state index < -0.39 is 11.9 Å². The molecular formula is C6H10N6O3. The zero-order valence-electron chi connectivity index (χ0n) is 8.01. The van der Waals surface area contributed by atoms with Crippen LogP contribution < -0.4 is 11.3 Å². The Morgan fingerprint density at radius 2 is 2.33 bits per heavy atom. The maximum Gasteiger partial charge on any atom is 0.378 e. The van der Waals surface area contributed by atoms with E-state index in [2.05, 4.69) is 20.3 Å². The maximum atomic E-state index is 11.2. The molecule has 0 spiro atoms. The maximum absolute atomic E-state index is 11.2. The second-order valence-electron chi connectivity index (χ2n) is 2.45. The summed E-state index contributed by atoms with van der Waals surface area (Å²) in [5, 5.41) is 10.1. The summed E-state index contributed by atoms with van der Waals surface area (Å²) in [5.74, 6) is 3.53. The van der Waals surface area contributed by atoms with E-state index in [9.17, 15) is 9.59 Å². The van der Waals surface area contributed by atoms with Gasteiger partial charge >= 0.3 is 5.97 Å². The molecule has 0 aliphatic rings. The summed E-state index contributed by atoms with van der Waals surface area (Å²) in [6, 6.07) is 0. The standard InChI is InChI=1S/C6H10N6O3/c1-2-15-6(14)5-9-10-11-12(5)3-4(13)8-7/h2-3,7H2,1H3,(H,8,13). The molecule has 0 saturated heterocycles. The van der Waals surface area contributed by atoms with Crippen molar-refractivity contribution in [2.24, 2.45) is 5.84 Å². The Kier molecular flexibility index (Phi) is 3.68. The third kappa shape index (κ3) is 2.71. The van der Waals surface area contributed by atoms with Crippen LogP contribution in [0.2, 0.25) is 0 Å². The van der Waals surface area contributed by atoms with Crippen molar-refractivity contribution in [1.82, 2.24) is 25.6 Å². The van der Waals surface area contributed by atoms with Gasteiger partial charge in [-0.25, -0.2) is 15.3 Å². The number of nitrogens with two attached hydrogens (primary N) is 1. The van der Waals surface area contributed by atoms with E-state index in [1.807, 2.05) is 5.43 Å². The number of rotatable bonds is 4. The van der Waals surface area contributed by atoms with Crippen molar-refractivity contribution < 1.29 is 14.3 Å². The molecule has 0 radical (unpaired) electrons. The molecule has 0 fully saturated rings. The van der Waals surface area contributed by atoms with Crippen molar-refractivity contribution in [1.29, 1.82) is 0 Å². The van der Waals surface area contributed by atoms with E-state index in [0.717, 1.165) is 4.68 Å². The molecule has 0 aliphatic carbocycles. The predicted octanol–water partition coefficient (Wildman–Crippen LogP) is -2.16. The number of amides is 1. The molecule has 1 amide bonds. The van der Waals surface area contributed by atoms with Gasteiger partial charge in [0.15, 0.2) is 0 Å². The minimum absolute atomic E-state index is 0.138. The van der Waals surface area contributed by atoms with Crippen molar-refractivity contribution in [3.8, 4) is 0 Å². The van der Waals surface area contributed by atoms with Gasteiger partial charge in [-0.2, -0.15) is 0 Å². The predicted molar refractivity (Wildman–Crippen MR) is 46.1 cm³/mol. The van der Waals surface area contributed by atoms with Crippen LogP contribution in [-0.2, 0) is 16.1 Å². The van der Waals surface area contributed by atoms with Gasteiger partial charge in [-0.3, -0.25) is 10.2 Å².